The van der Waals surface area contributed by atoms with Gasteiger partial charge in [-0.15, -0.1) is 0 Å². The van der Waals surface area contributed by atoms with Crippen molar-refractivity contribution >= 4 is 11.8 Å². The molecule has 4 nitrogen and oxygen atoms in total. The van der Waals surface area contributed by atoms with Crippen LogP contribution in [-0.2, 0) is 16.1 Å². The van der Waals surface area contributed by atoms with Crippen LogP contribution in [0.1, 0.15) is 37.5 Å². The van der Waals surface area contributed by atoms with Gasteiger partial charge < -0.3 is 10.6 Å². The zero-order chi connectivity index (χ0) is 15.3. The van der Waals surface area contributed by atoms with Crippen LogP contribution in [0, 0.1) is 19.8 Å². The SMILES string of the molecule is CC(=O)NC(C(=O)NCc1ccc(C)cc1C)C(C)C. The standard InChI is InChI=1S/C16H24N2O2/c1-10(2)15(18-13(5)19)16(20)17-9-14-7-6-11(3)8-12(14)4/h6-8,10,15H,9H2,1-5H3,(H,17,20)(H,18,19). The molecule has 1 aromatic carbocycles. The average molecular weight is 276 g/mol. The highest BCUT2D eigenvalue weighted by Crippen LogP contribution is 2.10. The molecule has 0 aliphatic heterocycles. The first kappa shape index (κ1) is 16.2. The number of benzene rings is 1. The molecule has 0 saturated heterocycles. The summed E-state index contributed by atoms with van der Waals surface area (Å²) < 4.78 is 0. The van der Waals surface area contributed by atoms with Crippen molar-refractivity contribution in [2.24, 2.45) is 5.92 Å². The normalized spacial score (nSPS) is 12.1. The largest absolute Gasteiger partial charge is 0.350 e. The van der Waals surface area contributed by atoms with Crippen molar-refractivity contribution in [3.8, 4) is 0 Å². The van der Waals surface area contributed by atoms with Crippen LogP contribution < -0.4 is 10.6 Å². The third-order valence-corrected chi connectivity index (χ3v) is 3.26. The van der Waals surface area contributed by atoms with E-state index >= 15 is 0 Å². The third-order valence-electron chi connectivity index (χ3n) is 3.26. The van der Waals surface area contributed by atoms with Gasteiger partial charge in [-0.3, -0.25) is 9.59 Å². The van der Waals surface area contributed by atoms with E-state index in [0.717, 1.165) is 11.1 Å². The Hall–Kier alpha value is -1.84. The molecule has 0 fully saturated rings. The van der Waals surface area contributed by atoms with Gasteiger partial charge in [0, 0.05) is 13.5 Å². The summed E-state index contributed by atoms with van der Waals surface area (Å²) in [5.74, 6) is -0.279. The molecule has 1 aromatic rings. The van der Waals surface area contributed by atoms with Crippen molar-refractivity contribution in [2.75, 3.05) is 0 Å². The zero-order valence-electron chi connectivity index (χ0n) is 12.9. The molecule has 1 rings (SSSR count). The van der Waals surface area contributed by atoms with Crippen molar-refractivity contribution in [1.29, 1.82) is 0 Å². The quantitative estimate of drug-likeness (QED) is 0.865. The van der Waals surface area contributed by atoms with Gasteiger partial charge in [-0.05, 0) is 30.9 Å². The number of amides is 2. The van der Waals surface area contributed by atoms with Crippen molar-refractivity contribution in [3.05, 3.63) is 34.9 Å². The lowest BCUT2D eigenvalue weighted by Gasteiger charge is -2.21. The van der Waals surface area contributed by atoms with Gasteiger partial charge in [0.25, 0.3) is 0 Å². The maximum atomic E-state index is 12.1. The summed E-state index contributed by atoms with van der Waals surface area (Å²) in [6.07, 6.45) is 0. The highest BCUT2D eigenvalue weighted by atomic mass is 16.2. The summed E-state index contributed by atoms with van der Waals surface area (Å²) >= 11 is 0. The highest BCUT2D eigenvalue weighted by Gasteiger charge is 2.22. The van der Waals surface area contributed by atoms with E-state index in [-0.39, 0.29) is 17.7 Å². The fraction of sp³-hybridized carbons (Fsp3) is 0.500. The summed E-state index contributed by atoms with van der Waals surface area (Å²) in [6.45, 7) is 9.80. The van der Waals surface area contributed by atoms with Gasteiger partial charge in [0.05, 0.1) is 0 Å². The molecule has 2 N–H and O–H groups in total. The predicted molar refractivity (Wildman–Crippen MR) is 80.2 cm³/mol. The molecule has 110 valence electrons. The maximum Gasteiger partial charge on any atom is 0.243 e. The van der Waals surface area contributed by atoms with Crippen molar-refractivity contribution in [3.63, 3.8) is 0 Å². The number of rotatable bonds is 5. The van der Waals surface area contributed by atoms with Crippen LogP contribution in [-0.4, -0.2) is 17.9 Å². The van der Waals surface area contributed by atoms with Gasteiger partial charge in [0.2, 0.25) is 11.8 Å². The Balaban J connectivity index is 2.67. The summed E-state index contributed by atoms with van der Waals surface area (Å²) in [5, 5.41) is 5.58. The van der Waals surface area contributed by atoms with E-state index in [1.54, 1.807) is 0 Å². The number of hydrogen-bond donors (Lipinski definition) is 2. The highest BCUT2D eigenvalue weighted by molar-refractivity contribution is 5.87. The predicted octanol–water partition coefficient (Wildman–Crippen LogP) is 2.08. The topological polar surface area (TPSA) is 58.2 Å². The van der Waals surface area contributed by atoms with Gasteiger partial charge in [-0.1, -0.05) is 37.6 Å². The molecule has 4 heteroatoms. The molecular weight excluding hydrogens is 252 g/mol. The fourth-order valence-electron chi connectivity index (χ4n) is 2.09. The Kier molecular flexibility index (Phi) is 5.74. The minimum absolute atomic E-state index is 0.0537. The number of hydrogen-bond acceptors (Lipinski definition) is 2. The van der Waals surface area contributed by atoms with E-state index in [1.807, 2.05) is 39.8 Å². The van der Waals surface area contributed by atoms with Crippen LogP contribution in [0.4, 0.5) is 0 Å². The Bertz CT molecular complexity index is 495. The molecule has 0 aliphatic carbocycles. The second kappa shape index (κ2) is 7.08. The van der Waals surface area contributed by atoms with E-state index in [9.17, 15) is 9.59 Å². The molecule has 0 aliphatic rings. The molecule has 0 aromatic heterocycles. The first-order valence-electron chi connectivity index (χ1n) is 6.92. The lowest BCUT2D eigenvalue weighted by molar-refractivity contribution is -0.129. The smallest absolute Gasteiger partial charge is 0.243 e. The molecule has 20 heavy (non-hydrogen) atoms. The second-order valence-electron chi connectivity index (χ2n) is 5.57. The lowest BCUT2D eigenvalue weighted by Crippen LogP contribution is -2.48. The van der Waals surface area contributed by atoms with Gasteiger partial charge in [-0.25, -0.2) is 0 Å². The van der Waals surface area contributed by atoms with Crippen LogP contribution >= 0.6 is 0 Å². The molecule has 0 radical (unpaired) electrons. The van der Waals surface area contributed by atoms with Crippen LogP contribution in [0.5, 0.6) is 0 Å². The Morgan fingerprint density at radius 3 is 2.35 bits per heavy atom. The summed E-state index contributed by atoms with van der Waals surface area (Å²) in [6, 6.07) is 5.66. The van der Waals surface area contributed by atoms with Crippen LogP contribution in [0.15, 0.2) is 18.2 Å². The number of carbonyl (C=O) groups excluding carboxylic acids is 2. The minimum atomic E-state index is -0.488. The zero-order valence-corrected chi connectivity index (χ0v) is 12.9. The van der Waals surface area contributed by atoms with Gasteiger partial charge in [0.15, 0.2) is 0 Å². The summed E-state index contributed by atoms with van der Waals surface area (Å²) in [4.78, 5) is 23.3. The van der Waals surface area contributed by atoms with Crippen molar-refractivity contribution in [2.45, 2.75) is 47.2 Å². The van der Waals surface area contributed by atoms with Gasteiger partial charge in [0.1, 0.15) is 6.04 Å². The monoisotopic (exact) mass is 276 g/mol. The maximum absolute atomic E-state index is 12.1. The summed E-state index contributed by atoms with van der Waals surface area (Å²) in [5.41, 5.74) is 3.45. The van der Waals surface area contributed by atoms with E-state index in [1.165, 1.54) is 12.5 Å². The molecular formula is C16H24N2O2. The minimum Gasteiger partial charge on any atom is -0.350 e. The lowest BCUT2D eigenvalue weighted by atomic mass is 10.0. The second-order valence-corrected chi connectivity index (χ2v) is 5.57. The molecule has 1 atom stereocenters. The summed E-state index contributed by atoms with van der Waals surface area (Å²) in [7, 11) is 0. The van der Waals surface area contributed by atoms with Gasteiger partial charge >= 0.3 is 0 Å². The third kappa shape index (κ3) is 4.68. The number of carbonyl (C=O) groups is 2. The molecule has 0 spiro atoms. The van der Waals surface area contributed by atoms with Crippen molar-refractivity contribution < 1.29 is 9.59 Å². The van der Waals surface area contributed by atoms with E-state index in [0.29, 0.717) is 6.54 Å². The number of nitrogens with one attached hydrogen (secondary N) is 2. The van der Waals surface area contributed by atoms with Crippen LogP contribution in [0.25, 0.3) is 0 Å². The van der Waals surface area contributed by atoms with Gasteiger partial charge in [-0.2, -0.15) is 0 Å². The van der Waals surface area contributed by atoms with E-state index in [2.05, 4.69) is 16.7 Å². The van der Waals surface area contributed by atoms with E-state index < -0.39 is 6.04 Å². The Morgan fingerprint density at radius 1 is 1.20 bits per heavy atom. The molecule has 0 heterocycles. The van der Waals surface area contributed by atoms with Crippen LogP contribution in [0.2, 0.25) is 0 Å². The van der Waals surface area contributed by atoms with E-state index in [4.69, 9.17) is 0 Å². The van der Waals surface area contributed by atoms with Crippen LogP contribution in [0.3, 0.4) is 0 Å². The number of aryl methyl sites for hydroxylation is 2. The first-order valence-corrected chi connectivity index (χ1v) is 6.92. The molecule has 1 unspecified atom stereocenters. The fourth-order valence-corrected chi connectivity index (χ4v) is 2.09. The Morgan fingerprint density at radius 2 is 1.85 bits per heavy atom. The average Bonchev–Trinajstić information content (AvgIpc) is 2.34. The van der Waals surface area contributed by atoms with Crippen molar-refractivity contribution in [1.82, 2.24) is 10.6 Å². The Labute approximate surface area is 121 Å². The molecule has 0 saturated carbocycles. The molecule has 2 amide bonds. The molecule has 0 bridgehead atoms. The first-order chi connectivity index (χ1) is 9.31.